The highest BCUT2D eigenvalue weighted by molar-refractivity contribution is 6.09. The van der Waals surface area contributed by atoms with Crippen molar-refractivity contribution in [1.29, 1.82) is 0 Å². The van der Waals surface area contributed by atoms with E-state index in [-0.39, 0.29) is 13.1 Å². The summed E-state index contributed by atoms with van der Waals surface area (Å²) >= 11 is 0. The molecule has 1 heterocycles. The van der Waals surface area contributed by atoms with Crippen LogP contribution in [0.4, 0.5) is 4.79 Å². The van der Waals surface area contributed by atoms with Crippen LogP contribution in [0.15, 0.2) is 24.3 Å². The van der Waals surface area contributed by atoms with Crippen molar-refractivity contribution in [2.45, 2.75) is 31.8 Å². The fourth-order valence-electron chi connectivity index (χ4n) is 2.57. The Morgan fingerprint density at radius 3 is 2.44 bits per heavy atom. The van der Waals surface area contributed by atoms with E-state index in [1.807, 2.05) is 0 Å². The Bertz CT molecular complexity index is 686. The fraction of sp³-hybridized carbons (Fsp3) is 0.471. The lowest BCUT2D eigenvalue weighted by Crippen LogP contribution is -2.52. The fourth-order valence-corrected chi connectivity index (χ4v) is 2.57. The molecular formula is C17H24N4O4. The van der Waals surface area contributed by atoms with Crippen molar-refractivity contribution in [2.75, 3.05) is 20.2 Å². The van der Waals surface area contributed by atoms with Gasteiger partial charge in [-0.3, -0.25) is 14.5 Å². The minimum Gasteiger partial charge on any atom is -0.497 e. The minimum atomic E-state index is -1.23. The summed E-state index contributed by atoms with van der Waals surface area (Å²) in [5.41, 5.74) is 4.34. The van der Waals surface area contributed by atoms with Crippen LogP contribution in [0.1, 0.15) is 26.3 Å². The third-order valence-electron chi connectivity index (χ3n) is 4.23. The maximum Gasteiger partial charge on any atom is 0.325 e. The first-order valence-corrected chi connectivity index (χ1v) is 7.92. The largest absolute Gasteiger partial charge is 0.497 e. The number of methoxy groups -OCH3 is 1. The maximum atomic E-state index is 12.8. The lowest BCUT2D eigenvalue weighted by atomic mass is 9.92. The standard InChI is InChI=1S/C17H24N4O4/c1-16(2,10-18)19-13(22)9-21-14(23)17(3,20-15(21)24)11-5-7-12(25-4)8-6-11/h5-8H,9-10,18H2,1-4H3,(H,19,22)(H,20,24). The minimum absolute atomic E-state index is 0.239. The number of amides is 4. The lowest BCUT2D eigenvalue weighted by Gasteiger charge is -2.26. The normalized spacial score (nSPS) is 20.4. The van der Waals surface area contributed by atoms with E-state index in [0.717, 1.165) is 4.90 Å². The van der Waals surface area contributed by atoms with Gasteiger partial charge in [0.05, 0.1) is 7.11 Å². The van der Waals surface area contributed by atoms with Gasteiger partial charge in [0.15, 0.2) is 0 Å². The zero-order chi connectivity index (χ0) is 18.8. The monoisotopic (exact) mass is 348 g/mol. The van der Waals surface area contributed by atoms with Crippen molar-refractivity contribution in [3.05, 3.63) is 29.8 Å². The molecule has 0 radical (unpaired) electrons. The molecule has 1 aliphatic heterocycles. The van der Waals surface area contributed by atoms with Crippen LogP contribution in [0.25, 0.3) is 0 Å². The molecule has 1 aromatic carbocycles. The van der Waals surface area contributed by atoms with Crippen LogP contribution in [-0.4, -0.2) is 48.5 Å². The molecule has 0 aromatic heterocycles. The molecule has 0 aliphatic carbocycles. The van der Waals surface area contributed by atoms with Gasteiger partial charge in [0.1, 0.15) is 17.8 Å². The number of ether oxygens (including phenoxy) is 1. The number of hydrogen-bond donors (Lipinski definition) is 3. The SMILES string of the molecule is COc1ccc(C2(C)NC(=O)N(CC(=O)NC(C)(C)CN)C2=O)cc1. The van der Waals surface area contributed by atoms with Gasteiger partial charge in [0.25, 0.3) is 5.91 Å². The average molecular weight is 348 g/mol. The predicted octanol–water partition coefficient (Wildman–Crippen LogP) is 0.316. The number of imide groups is 1. The molecule has 2 rings (SSSR count). The molecule has 0 spiro atoms. The van der Waals surface area contributed by atoms with Crippen LogP contribution >= 0.6 is 0 Å². The van der Waals surface area contributed by atoms with Gasteiger partial charge in [-0.2, -0.15) is 0 Å². The third kappa shape index (κ3) is 3.74. The molecule has 1 aliphatic rings. The summed E-state index contributed by atoms with van der Waals surface area (Å²) in [5.74, 6) is -0.286. The molecule has 4 N–H and O–H groups in total. The van der Waals surface area contributed by atoms with E-state index in [0.29, 0.717) is 11.3 Å². The number of nitrogens with zero attached hydrogens (tertiary/aromatic N) is 1. The summed E-state index contributed by atoms with van der Waals surface area (Å²) in [6, 6.07) is 6.22. The highest BCUT2D eigenvalue weighted by Gasteiger charge is 2.49. The van der Waals surface area contributed by atoms with Crippen LogP contribution in [0.2, 0.25) is 0 Å². The van der Waals surface area contributed by atoms with Gasteiger partial charge in [0, 0.05) is 12.1 Å². The van der Waals surface area contributed by atoms with Crippen molar-refractivity contribution in [1.82, 2.24) is 15.5 Å². The van der Waals surface area contributed by atoms with E-state index in [9.17, 15) is 14.4 Å². The second-order valence-corrected chi connectivity index (χ2v) is 6.81. The highest BCUT2D eigenvalue weighted by atomic mass is 16.5. The molecule has 0 saturated carbocycles. The second-order valence-electron chi connectivity index (χ2n) is 6.81. The van der Waals surface area contributed by atoms with Crippen LogP contribution in [0.5, 0.6) is 5.75 Å². The smallest absolute Gasteiger partial charge is 0.325 e. The molecule has 25 heavy (non-hydrogen) atoms. The van der Waals surface area contributed by atoms with E-state index in [4.69, 9.17) is 10.5 Å². The Labute approximate surface area is 146 Å². The van der Waals surface area contributed by atoms with Crippen LogP contribution < -0.4 is 21.1 Å². The molecule has 1 unspecified atom stereocenters. The Balaban J connectivity index is 2.16. The number of nitrogens with two attached hydrogens (primary N) is 1. The first-order chi connectivity index (χ1) is 11.6. The molecule has 0 bridgehead atoms. The summed E-state index contributed by atoms with van der Waals surface area (Å²) in [6.07, 6.45) is 0. The molecule has 1 aromatic rings. The van der Waals surface area contributed by atoms with E-state index < -0.39 is 28.9 Å². The van der Waals surface area contributed by atoms with Gasteiger partial charge in [0.2, 0.25) is 5.91 Å². The Morgan fingerprint density at radius 2 is 1.92 bits per heavy atom. The van der Waals surface area contributed by atoms with Crippen LogP contribution in [0.3, 0.4) is 0 Å². The van der Waals surface area contributed by atoms with Gasteiger partial charge >= 0.3 is 6.03 Å². The molecule has 1 atom stereocenters. The van der Waals surface area contributed by atoms with Crippen LogP contribution in [-0.2, 0) is 15.1 Å². The molecule has 8 nitrogen and oxygen atoms in total. The number of hydrogen-bond acceptors (Lipinski definition) is 5. The second kappa shape index (κ2) is 6.72. The third-order valence-corrected chi connectivity index (χ3v) is 4.23. The summed E-state index contributed by atoms with van der Waals surface area (Å²) in [5, 5.41) is 5.36. The summed E-state index contributed by atoms with van der Waals surface area (Å²) in [4.78, 5) is 38.0. The molecule has 1 fully saturated rings. The van der Waals surface area contributed by atoms with Gasteiger partial charge < -0.3 is 21.1 Å². The molecule has 4 amide bonds. The van der Waals surface area contributed by atoms with Crippen molar-refractivity contribution in [3.63, 3.8) is 0 Å². The number of benzene rings is 1. The summed E-state index contributed by atoms with van der Waals surface area (Å²) in [6.45, 7) is 5.01. The molecule has 8 heteroatoms. The van der Waals surface area contributed by atoms with Gasteiger partial charge in [-0.1, -0.05) is 12.1 Å². The Kier molecular flexibility index (Phi) is 5.03. The predicted molar refractivity (Wildman–Crippen MR) is 91.9 cm³/mol. The zero-order valence-corrected chi connectivity index (χ0v) is 14.9. The maximum absolute atomic E-state index is 12.8. The number of carbonyl (C=O) groups is 3. The Hall–Kier alpha value is -2.61. The van der Waals surface area contributed by atoms with Crippen LogP contribution in [0, 0.1) is 0 Å². The zero-order valence-electron chi connectivity index (χ0n) is 14.9. The van der Waals surface area contributed by atoms with Gasteiger partial charge in [-0.05, 0) is 38.5 Å². The van der Waals surface area contributed by atoms with E-state index in [1.54, 1.807) is 52.1 Å². The van der Waals surface area contributed by atoms with E-state index >= 15 is 0 Å². The topological polar surface area (TPSA) is 114 Å². The highest BCUT2D eigenvalue weighted by Crippen LogP contribution is 2.29. The number of urea groups is 1. The lowest BCUT2D eigenvalue weighted by molar-refractivity contribution is -0.135. The number of carbonyl (C=O) groups excluding carboxylic acids is 3. The molecule has 136 valence electrons. The van der Waals surface area contributed by atoms with Crippen molar-refractivity contribution < 1.29 is 19.1 Å². The number of nitrogens with one attached hydrogen (secondary N) is 2. The van der Waals surface area contributed by atoms with Crippen molar-refractivity contribution in [3.8, 4) is 5.75 Å². The average Bonchev–Trinajstić information content (AvgIpc) is 2.78. The molecule has 1 saturated heterocycles. The summed E-state index contributed by atoms with van der Waals surface area (Å²) < 4.78 is 5.10. The quantitative estimate of drug-likeness (QED) is 0.641. The summed E-state index contributed by atoms with van der Waals surface area (Å²) in [7, 11) is 1.54. The van der Waals surface area contributed by atoms with E-state index in [2.05, 4.69) is 10.6 Å². The van der Waals surface area contributed by atoms with E-state index in [1.165, 1.54) is 0 Å². The van der Waals surface area contributed by atoms with Crippen molar-refractivity contribution >= 4 is 17.8 Å². The van der Waals surface area contributed by atoms with Gasteiger partial charge in [-0.25, -0.2) is 4.79 Å². The first-order valence-electron chi connectivity index (χ1n) is 7.92. The first kappa shape index (κ1) is 18.7. The number of rotatable bonds is 6. The molecular weight excluding hydrogens is 324 g/mol. The van der Waals surface area contributed by atoms with Gasteiger partial charge in [-0.15, -0.1) is 0 Å². The Morgan fingerprint density at radius 1 is 1.32 bits per heavy atom. The van der Waals surface area contributed by atoms with Crippen molar-refractivity contribution in [2.24, 2.45) is 5.73 Å².